The van der Waals surface area contributed by atoms with E-state index in [1.807, 2.05) is 6.92 Å². The summed E-state index contributed by atoms with van der Waals surface area (Å²) in [6.45, 7) is 1.78. The molecule has 0 radical (unpaired) electrons. The monoisotopic (exact) mass is 409 g/mol. The van der Waals surface area contributed by atoms with Crippen molar-refractivity contribution in [3.8, 4) is 0 Å². The minimum Gasteiger partial charge on any atom is -0.462 e. The van der Waals surface area contributed by atoms with E-state index in [-0.39, 0.29) is 10.6 Å². The van der Waals surface area contributed by atoms with E-state index in [0.717, 1.165) is 6.42 Å². The quantitative estimate of drug-likeness (QED) is 0.687. The standard InChI is InChI=1S/C19H17Cl2NO5/c1-2-9-26-18(24)12-3-6-14(7-4-12)22-17(23)11-27-19(25)13-5-8-15(20)16(21)10-13/h3-8,10H,2,9,11H2,1H3,(H,22,23). The van der Waals surface area contributed by atoms with Crippen molar-refractivity contribution in [2.24, 2.45) is 0 Å². The molecule has 0 fully saturated rings. The zero-order valence-electron chi connectivity index (χ0n) is 14.5. The molecule has 0 heterocycles. The first-order valence-electron chi connectivity index (χ1n) is 8.10. The number of rotatable bonds is 7. The molecule has 0 saturated carbocycles. The van der Waals surface area contributed by atoms with Crippen LogP contribution in [0.3, 0.4) is 0 Å². The average Bonchev–Trinajstić information content (AvgIpc) is 2.67. The molecule has 0 aliphatic heterocycles. The van der Waals surface area contributed by atoms with Crippen LogP contribution in [0.15, 0.2) is 42.5 Å². The molecule has 0 aliphatic carbocycles. The second-order valence-corrected chi connectivity index (χ2v) is 6.28. The lowest BCUT2D eigenvalue weighted by atomic mass is 10.2. The Kier molecular flexibility index (Phi) is 7.64. The minimum absolute atomic E-state index is 0.187. The van der Waals surface area contributed by atoms with Gasteiger partial charge in [-0.1, -0.05) is 30.1 Å². The average molecular weight is 410 g/mol. The van der Waals surface area contributed by atoms with Crippen LogP contribution in [0.25, 0.3) is 0 Å². The zero-order chi connectivity index (χ0) is 19.8. The van der Waals surface area contributed by atoms with Gasteiger partial charge in [-0.2, -0.15) is 0 Å². The van der Waals surface area contributed by atoms with Gasteiger partial charge in [0.05, 0.1) is 27.8 Å². The molecule has 27 heavy (non-hydrogen) atoms. The third-order valence-corrected chi connectivity index (χ3v) is 4.07. The van der Waals surface area contributed by atoms with Crippen LogP contribution < -0.4 is 5.32 Å². The summed E-state index contributed by atoms with van der Waals surface area (Å²) in [4.78, 5) is 35.5. The molecule has 0 aliphatic rings. The molecule has 2 aromatic rings. The summed E-state index contributed by atoms with van der Waals surface area (Å²) in [5.41, 5.74) is 1.03. The van der Waals surface area contributed by atoms with Crippen LogP contribution in [-0.2, 0) is 14.3 Å². The van der Waals surface area contributed by atoms with Crippen molar-refractivity contribution in [2.75, 3.05) is 18.5 Å². The Hall–Kier alpha value is -2.57. The van der Waals surface area contributed by atoms with Crippen molar-refractivity contribution >= 4 is 46.7 Å². The van der Waals surface area contributed by atoms with Crippen LogP contribution in [0, 0.1) is 0 Å². The molecule has 8 heteroatoms. The number of amides is 1. The first-order valence-corrected chi connectivity index (χ1v) is 8.85. The molecule has 6 nitrogen and oxygen atoms in total. The largest absolute Gasteiger partial charge is 0.462 e. The molecule has 2 rings (SSSR count). The van der Waals surface area contributed by atoms with Crippen LogP contribution >= 0.6 is 23.2 Å². The highest BCUT2D eigenvalue weighted by Crippen LogP contribution is 2.22. The molecule has 0 unspecified atom stereocenters. The van der Waals surface area contributed by atoms with E-state index in [1.165, 1.54) is 30.3 Å². The summed E-state index contributed by atoms with van der Waals surface area (Å²) in [6.07, 6.45) is 0.737. The Balaban J connectivity index is 1.85. The predicted octanol–water partition coefficient (Wildman–Crippen LogP) is 4.36. The highest BCUT2D eigenvalue weighted by Gasteiger charge is 2.12. The van der Waals surface area contributed by atoms with Gasteiger partial charge in [0, 0.05) is 5.69 Å². The first kappa shape index (κ1) is 20.7. The highest BCUT2D eigenvalue weighted by molar-refractivity contribution is 6.42. The smallest absolute Gasteiger partial charge is 0.338 e. The Labute approximate surface area is 166 Å². The van der Waals surface area contributed by atoms with Gasteiger partial charge in [-0.25, -0.2) is 9.59 Å². The lowest BCUT2D eigenvalue weighted by Crippen LogP contribution is -2.21. The van der Waals surface area contributed by atoms with Crippen LogP contribution in [0.4, 0.5) is 5.69 Å². The fourth-order valence-corrected chi connectivity index (χ4v) is 2.30. The minimum atomic E-state index is -0.697. The number of carbonyl (C=O) groups is 3. The Morgan fingerprint density at radius 2 is 1.52 bits per heavy atom. The van der Waals surface area contributed by atoms with Gasteiger partial charge < -0.3 is 14.8 Å². The number of ether oxygens (including phenoxy) is 2. The first-order chi connectivity index (χ1) is 12.9. The van der Waals surface area contributed by atoms with Crippen molar-refractivity contribution in [1.82, 2.24) is 0 Å². The van der Waals surface area contributed by atoms with Gasteiger partial charge in [-0.05, 0) is 48.9 Å². The van der Waals surface area contributed by atoms with Gasteiger partial charge in [0.2, 0.25) is 0 Å². The topological polar surface area (TPSA) is 81.7 Å². The summed E-state index contributed by atoms with van der Waals surface area (Å²) < 4.78 is 9.96. The summed E-state index contributed by atoms with van der Waals surface area (Å²) in [5, 5.41) is 3.09. The van der Waals surface area contributed by atoms with Crippen LogP contribution in [-0.4, -0.2) is 31.1 Å². The molecule has 0 saturated heterocycles. The lowest BCUT2D eigenvalue weighted by Gasteiger charge is -2.08. The van der Waals surface area contributed by atoms with Crippen LogP contribution in [0.2, 0.25) is 10.0 Å². The molecular weight excluding hydrogens is 393 g/mol. The second kappa shape index (κ2) is 9.94. The van der Waals surface area contributed by atoms with E-state index in [4.69, 9.17) is 32.7 Å². The molecule has 0 bridgehead atoms. The zero-order valence-corrected chi connectivity index (χ0v) is 16.0. The maximum atomic E-state index is 11.9. The number of hydrogen-bond acceptors (Lipinski definition) is 5. The van der Waals surface area contributed by atoms with E-state index in [2.05, 4.69) is 5.32 Å². The SMILES string of the molecule is CCCOC(=O)c1ccc(NC(=O)COC(=O)c2ccc(Cl)c(Cl)c2)cc1. The summed E-state index contributed by atoms with van der Waals surface area (Å²) >= 11 is 11.6. The molecule has 1 amide bonds. The predicted molar refractivity (Wildman–Crippen MR) is 102 cm³/mol. The van der Waals surface area contributed by atoms with E-state index in [0.29, 0.717) is 22.9 Å². The van der Waals surface area contributed by atoms with Gasteiger partial charge in [0.1, 0.15) is 0 Å². The van der Waals surface area contributed by atoms with E-state index in [9.17, 15) is 14.4 Å². The summed E-state index contributed by atoms with van der Waals surface area (Å²) in [7, 11) is 0. The van der Waals surface area contributed by atoms with Crippen molar-refractivity contribution in [3.63, 3.8) is 0 Å². The van der Waals surface area contributed by atoms with Gasteiger partial charge in [0.25, 0.3) is 5.91 Å². The molecular formula is C19H17Cl2NO5. The number of benzene rings is 2. The van der Waals surface area contributed by atoms with Gasteiger partial charge in [0.15, 0.2) is 6.61 Å². The van der Waals surface area contributed by atoms with Crippen molar-refractivity contribution < 1.29 is 23.9 Å². The number of halogens is 2. The number of nitrogens with one attached hydrogen (secondary N) is 1. The van der Waals surface area contributed by atoms with Gasteiger partial charge in [-0.15, -0.1) is 0 Å². The third kappa shape index (κ3) is 6.27. The highest BCUT2D eigenvalue weighted by atomic mass is 35.5. The molecule has 142 valence electrons. The fourth-order valence-electron chi connectivity index (χ4n) is 2.00. The molecule has 1 N–H and O–H groups in total. The lowest BCUT2D eigenvalue weighted by molar-refractivity contribution is -0.119. The van der Waals surface area contributed by atoms with Gasteiger partial charge in [-0.3, -0.25) is 4.79 Å². The summed E-state index contributed by atoms with van der Waals surface area (Å²) in [5.74, 6) is -1.65. The number of hydrogen-bond donors (Lipinski definition) is 1. The van der Waals surface area contributed by atoms with Crippen LogP contribution in [0.1, 0.15) is 34.1 Å². The molecule has 0 aromatic heterocycles. The number of carbonyl (C=O) groups excluding carboxylic acids is 3. The molecule has 2 aromatic carbocycles. The summed E-state index contributed by atoms with van der Waals surface area (Å²) in [6, 6.07) is 10.5. The third-order valence-electron chi connectivity index (χ3n) is 3.33. The molecule has 0 spiro atoms. The van der Waals surface area contributed by atoms with Gasteiger partial charge >= 0.3 is 11.9 Å². The van der Waals surface area contributed by atoms with E-state index >= 15 is 0 Å². The number of anilines is 1. The number of esters is 2. The van der Waals surface area contributed by atoms with E-state index in [1.54, 1.807) is 12.1 Å². The van der Waals surface area contributed by atoms with E-state index < -0.39 is 24.5 Å². The van der Waals surface area contributed by atoms with Crippen molar-refractivity contribution in [2.45, 2.75) is 13.3 Å². The Bertz CT molecular complexity index is 836. The van der Waals surface area contributed by atoms with Crippen LogP contribution in [0.5, 0.6) is 0 Å². The van der Waals surface area contributed by atoms with Crippen molar-refractivity contribution in [1.29, 1.82) is 0 Å². The molecule has 0 atom stereocenters. The van der Waals surface area contributed by atoms with Crippen molar-refractivity contribution in [3.05, 3.63) is 63.6 Å². The maximum absolute atomic E-state index is 11.9. The fraction of sp³-hybridized carbons (Fsp3) is 0.211. The second-order valence-electron chi connectivity index (χ2n) is 5.47. The maximum Gasteiger partial charge on any atom is 0.338 e. The Morgan fingerprint density at radius 3 is 2.15 bits per heavy atom. The Morgan fingerprint density at radius 1 is 0.889 bits per heavy atom. The normalized spacial score (nSPS) is 10.2.